The van der Waals surface area contributed by atoms with Crippen LogP contribution in [-0.4, -0.2) is 48.1 Å². The summed E-state index contributed by atoms with van der Waals surface area (Å²) in [7, 11) is 3.94. The highest BCUT2D eigenvalue weighted by Gasteiger charge is 2.22. The van der Waals surface area contributed by atoms with Gasteiger partial charge in [0, 0.05) is 45.8 Å². The average molecular weight is 322 g/mol. The van der Waals surface area contributed by atoms with Gasteiger partial charge >= 0.3 is 0 Å². The molecule has 1 aromatic carbocycles. The van der Waals surface area contributed by atoms with E-state index in [-0.39, 0.29) is 0 Å². The molecule has 0 radical (unpaired) electrons. The molecule has 24 heavy (non-hydrogen) atoms. The van der Waals surface area contributed by atoms with E-state index >= 15 is 0 Å². The number of aromatic nitrogens is 2. The van der Waals surface area contributed by atoms with Crippen LogP contribution >= 0.6 is 0 Å². The molecule has 1 saturated heterocycles. The SMILES string of the molecule is CN(C)c1cc(NC2CCN(Cc3cccc(C#N)c3)C2)ncn1. The third-order valence-corrected chi connectivity index (χ3v) is 4.20. The first-order valence-corrected chi connectivity index (χ1v) is 8.11. The largest absolute Gasteiger partial charge is 0.366 e. The zero-order chi connectivity index (χ0) is 16.9. The van der Waals surface area contributed by atoms with E-state index in [9.17, 15) is 0 Å². The summed E-state index contributed by atoms with van der Waals surface area (Å²) in [4.78, 5) is 12.9. The molecule has 2 aromatic rings. The van der Waals surface area contributed by atoms with Crippen LogP contribution in [0.5, 0.6) is 0 Å². The quantitative estimate of drug-likeness (QED) is 0.909. The molecule has 0 amide bonds. The smallest absolute Gasteiger partial charge is 0.133 e. The van der Waals surface area contributed by atoms with Gasteiger partial charge in [0.1, 0.15) is 18.0 Å². The summed E-state index contributed by atoms with van der Waals surface area (Å²) in [6, 6.07) is 12.4. The van der Waals surface area contributed by atoms with E-state index in [0.717, 1.165) is 43.3 Å². The van der Waals surface area contributed by atoms with Gasteiger partial charge in [-0.3, -0.25) is 4.90 Å². The number of hydrogen-bond acceptors (Lipinski definition) is 6. The van der Waals surface area contributed by atoms with Crippen molar-refractivity contribution in [3.05, 3.63) is 47.8 Å². The number of nitrogens with one attached hydrogen (secondary N) is 1. The summed E-state index contributed by atoms with van der Waals surface area (Å²) in [6.45, 7) is 2.89. The van der Waals surface area contributed by atoms with Gasteiger partial charge in [-0.1, -0.05) is 12.1 Å². The molecule has 0 aliphatic carbocycles. The first kappa shape index (κ1) is 16.2. The summed E-state index contributed by atoms with van der Waals surface area (Å²) in [6.07, 6.45) is 2.68. The molecule has 1 unspecified atom stereocenters. The third-order valence-electron chi connectivity index (χ3n) is 4.20. The molecule has 0 spiro atoms. The molecule has 1 atom stereocenters. The van der Waals surface area contributed by atoms with Crippen LogP contribution < -0.4 is 10.2 Å². The molecule has 0 saturated carbocycles. The van der Waals surface area contributed by atoms with Crippen LogP contribution in [0.1, 0.15) is 17.5 Å². The molecule has 124 valence electrons. The number of nitriles is 1. The van der Waals surface area contributed by atoms with E-state index in [1.54, 1.807) is 6.33 Å². The van der Waals surface area contributed by atoms with Crippen LogP contribution in [0.25, 0.3) is 0 Å². The van der Waals surface area contributed by atoms with Gasteiger partial charge in [-0.25, -0.2) is 9.97 Å². The van der Waals surface area contributed by atoms with E-state index in [4.69, 9.17) is 5.26 Å². The van der Waals surface area contributed by atoms with Gasteiger partial charge < -0.3 is 10.2 Å². The summed E-state index contributed by atoms with van der Waals surface area (Å²) < 4.78 is 0. The normalized spacial score (nSPS) is 17.5. The molecule has 1 aliphatic heterocycles. The number of nitrogens with zero attached hydrogens (tertiary/aromatic N) is 5. The lowest BCUT2D eigenvalue weighted by Gasteiger charge is -2.18. The Hall–Kier alpha value is -2.65. The lowest BCUT2D eigenvalue weighted by atomic mass is 10.1. The standard InChI is InChI=1S/C18H22N6/c1-23(2)18-9-17(20-13-21-18)22-16-6-7-24(12-16)11-15-5-3-4-14(8-15)10-19/h3-5,8-9,13,16H,6-7,11-12H2,1-2H3,(H,20,21,22). The van der Waals surface area contributed by atoms with Crippen LogP contribution in [0.15, 0.2) is 36.7 Å². The molecule has 3 rings (SSSR count). The van der Waals surface area contributed by atoms with Crippen molar-refractivity contribution in [1.29, 1.82) is 5.26 Å². The minimum absolute atomic E-state index is 0.383. The second-order valence-electron chi connectivity index (χ2n) is 6.33. The van der Waals surface area contributed by atoms with Crippen LogP contribution in [0.3, 0.4) is 0 Å². The van der Waals surface area contributed by atoms with E-state index in [2.05, 4.69) is 32.3 Å². The van der Waals surface area contributed by atoms with E-state index < -0.39 is 0 Å². The van der Waals surface area contributed by atoms with Crippen molar-refractivity contribution < 1.29 is 0 Å². The van der Waals surface area contributed by atoms with E-state index in [0.29, 0.717) is 6.04 Å². The summed E-state index contributed by atoms with van der Waals surface area (Å²) in [5.41, 5.74) is 1.91. The summed E-state index contributed by atoms with van der Waals surface area (Å²) >= 11 is 0. The number of hydrogen-bond donors (Lipinski definition) is 1. The molecule has 1 aliphatic rings. The molecular formula is C18H22N6. The maximum atomic E-state index is 9.00. The monoisotopic (exact) mass is 322 g/mol. The Morgan fingerprint density at radius 1 is 1.33 bits per heavy atom. The molecule has 1 fully saturated rings. The van der Waals surface area contributed by atoms with Gasteiger partial charge in [-0.15, -0.1) is 0 Å². The Morgan fingerprint density at radius 2 is 2.21 bits per heavy atom. The van der Waals surface area contributed by atoms with Crippen molar-refractivity contribution in [1.82, 2.24) is 14.9 Å². The maximum Gasteiger partial charge on any atom is 0.133 e. The van der Waals surface area contributed by atoms with Gasteiger partial charge in [0.05, 0.1) is 11.6 Å². The van der Waals surface area contributed by atoms with Crippen molar-refractivity contribution >= 4 is 11.6 Å². The Morgan fingerprint density at radius 3 is 3.00 bits per heavy atom. The predicted octanol–water partition coefficient (Wildman–Crippen LogP) is 2.10. The number of rotatable bonds is 5. The van der Waals surface area contributed by atoms with Crippen molar-refractivity contribution in [2.24, 2.45) is 0 Å². The second kappa shape index (κ2) is 7.28. The summed E-state index contributed by atoms with van der Waals surface area (Å²) in [5.74, 6) is 1.77. The fourth-order valence-corrected chi connectivity index (χ4v) is 2.97. The summed E-state index contributed by atoms with van der Waals surface area (Å²) in [5, 5.41) is 12.5. The fourth-order valence-electron chi connectivity index (χ4n) is 2.97. The van der Waals surface area contributed by atoms with Crippen LogP contribution in [0.2, 0.25) is 0 Å². The van der Waals surface area contributed by atoms with E-state index in [1.165, 1.54) is 5.56 Å². The minimum Gasteiger partial charge on any atom is -0.366 e. The van der Waals surface area contributed by atoms with Crippen LogP contribution in [0, 0.1) is 11.3 Å². The van der Waals surface area contributed by atoms with Gasteiger partial charge in [-0.2, -0.15) is 5.26 Å². The van der Waals surface area contributed by atoms with E-state index in [1.807, 2.05) is 43.3 Å². The molecule has 6 nitrogen and oxygen atoms in total. The second-order valence-corrected chi connectivity index (χ2v) is 6.33. The zero-order valence-corrected chi connectivity index (χ0v) is 14.1. The highest BCUT2D eigenvalue weighted by molar-refractivity contribution is 5.48. The van der Waals surface area contributed by atoms with Crippen molar-refractivity contribution in [3.63, 3.8) is 0 Å². The predicted molar refractivity (Wildman–Crippen MR) is 94.8 cm³/mol. The third kappa shape index (κ3) is 4.00. The zero-order valence-electron chi connectivity index (χ0n) is 14.1. The highest BCUT2D eigenvalue weighted by atomic mass is 15.2. The molecule has 0 bridgehead atoms. The highest BCUT2D eigenvalue weighted by Crippen LogP contribution is 2.19. The van der Waals surface area contributed by atoms with Crippen molar-refractivity contribution in [2.45, 2.75) is 19.0 Å². The van der Waals surface area contributed by atoms with Gasteiger partial charge in [0.25, 0.3) is 0 Å². The first-order valence-electron chi connectivity index (χ1n) is 8.11. The Balaban J connectivity index is 1.57. The fraction of sp³-hybridized carbons (Fsp3) is 0.389. The van der Waals surface area contributed by atoms with Crippen LogP contribution in [0.4, 0.5) is 11.6 Å². The Kier molecular flexibility index (Phi) is 4.92. The van der Waals surface area contributed by atoms with Crippen molar-refractivity contribution in [2.75, 3.05) is 37.4 Å². The lowest BCUT2D eigenvalue weighted by Crippen LogP contribution is -2.26. The number of anilines is 2. The van der Waals surface area contributed by atoms with Gasteiger partial charge in [0.15, 0.2) is 0 Å². The first-order chi connectivity index (χ1) is 11.6. The van der Waals surface area contributed by atoms with Crippen molar-refractivity contribution in [3.8, 4) is 6.07 Å². The van der Waals surface area contributed by atoms with Gasteiger partial charge in [0.2, 0.25) is 0 Å². The van der Waals surface area contributed by atoms with Gasteiger partial charge in [-0.05, 0) is 24.1 Å². The average Bonchev–Trinajstić information content (AvgIpc) is 3.02. The number of likely N-dealkylation sites (tertiary alicyclic amines) is 1. The molecular weight excluding hydrogens is 300 g/mol. The molecule has 1 N–H and O–H groups in total. The maximum absolute atomic E-state index is 9.00. The minimum atomic E-state index is 0.383. The van der Waals surface area contributed by atoms with Crippen LogP contribution in [-0.2, 0) is 6.54 Å². The molecule has 1 aromatic heterocycles. The molecule has 6 heteroatoms. The Labute approximate surface area is 142 Å². The number of benzene rings is 1. The lowest BCUT2D eigenvalue weighted by molar-refractivity contribution is 0.328. The molecule has 2 heterocycles. The Bertz CT molecular complexity index is 736. The topological polar surface area (TPSA) is 68.1 Å².